The number of carbonyl (C=O) groups excluding carboxylic acids is 1. The number of halogens is 1. The molecular weight excluding hydrogens is 254 g/mol. The monoisotopic (exact) mass is 263 g/mol. The minimum atomic E-state index is -0.420. The number of aryl methyl sites for hydroxylation is 1. The van der Waals surface area contributed by atoms with Gasteiger partial charge in [-0.15, -0.1) is 0 Å². The molecule has 0 spiro atoms. The maximum Gasteiger partial charge on any atom is 0.276 e. The molecule has 7 heteroatoms. The lowest BCUT2D eigenvalue weighted by molar-refractivity contribution is 0.102. The van der Waals surface area contributed by atoms with E-state index in [4.69, 9.17) is 17.3 Å². The molecule has 0 bridgehead atoms. The summed E-state index contributed by atoms with van der Waals surface area (Å²) in [7, 11) is 0. The number of amides is 1. The van der Waals surface area contributed by atoms with Crippen LogP contribution in [0.15, 0.2) is 24.4 Å². The van der Waals surface area contributed by atoms with Crippen molar-refractivity contribution in [1.29, 1.82) is 0 Å². The largest absolute Gasteiger partial charge is 0.397 e. The second-order valence-corrected chi connectivity index (χ2v) is 3.97. The molecule has 0 radical (unpaired) electrons. The van der Waals surface area contributed by atoms with Crippen LogP contribution >= 0.6 is 11.6 Å². The maximum absolute atomic E-state index is 11.8. The predicted molar refractivity (Wildman–Crippen MR) is 68.4 cm³/mol. The average Bonchev–Trinajstić information content (AvgIpc) is 2.28. The van der Waals surface area contributed by atoms with Gasteiger partial charge in [-0.05, 0) is 25.1 Å². The first-order valence-corrected chi connectivity index (χ1v) is 5.46. The van der Waals surface area contributed by atoms with Gasteiger partial charge in [0.2, 0.25) is 5.95 Å². The average molecular weight is 264 g/mol. The molecule has 3 N–H and O–H groups in total. The first-order valence-electron chi connectivity index (χ1n) is 5.08. The second kappa shape index (κ2) is 4.97. The van der Waals surface area contributed by atoms with Crippen molar-refractivity contribution in [3.63, 3.8) is 0 Å². The molecule has 0 fully saturated rings. The van der Waals surface area contributed by atoms with E-state index in [-0.39, 0.29) is 16.8 Å². The van der Waals surface area contributed by atoms with Crippen molar-refractivity contribution in [2.75, 3.05) is 11.1 Å². The van der Waals surface area contributed by atoms with Gasteiger partial charge in [0.05, 0.1) is 11.9 Å². The predicted octanol–water partition coefficient (Wildman–Crippen LogP) is 1.67. The summed E-state index contributed by atoms with van der Waals surface area (Å²) in [5.41, 5.74) is 6.86. The Morgan fingerprint density at radius 2 is 2.17 bits per heavy atom. The summed E-state index contributed by atoms with van der Waals surface area (Å²) >= 11 is 5.77. The van der Waals surface area contributed by atoms with Crippen molar-refractivity contribution < 1.29 is 4.79 Å². The molecule has 0 aliphatic heterocycles. The Morgan fingerprint density at radius 1 is 1.39 bits per heavy atom. The zero-order valence-corrected chi connectivity index (χ0v) is 10.3. The Kier molecular flexibility index (Phi) is 3.38. The van der Waals surface area contributed by atoms with Gasteiger partial charge in [0.15, 0.2) is 0 Å². The number of anilines is 2. The molecule has 0 aliphatic carbocycles. The number of hydrogen-bond donors (Lipinski definition) is 2. The summed E-state index contributed by atoms with van der Waals surface area (Å²) in [4.78, 5) is 23.6. The fourth-order valence-corrected chi connectivity index (χ4v) is 1.53. The number of pyridine rings is 1. The zero-order valence-electron chi connectivity index (χ0n) is 9.51. The summed E-state index contributed by atoms with van der Waals surface area (Å²) in [6.07, 6.45) is 1.40. The van der Waals surface area contributed by atoms with Gasteiger partial charge in [0.25, 0.3) is 5.91 Å². The van der Waals surface area contributed by atoms with Crippen LogP contribution in [0.2, 0.25) is 5.15 Å². The van der Waals surface area contributed by atoms with Gasteiger partial charge in [-0.3, -0.25) is 10.1 Å². The van der Waals surface area contributed by atoms with Crippen LogP contribution in [0.25, 0.3) is 0 Å². The van der Waals surface area contributed by atoms with Gasteiger partial charge >= 0.3 is 0 Å². The Balaban J connectivity index is 2.18. The van der Waals surface area contributed by atoms with E-state index in [1.807, 2.05) is 0 Å². The Bertz CT molecular complexity index is 564. The maximum atomic E-state index is 11.8. The van der Waals surface area contributed by atoms with Crippen LogP contribution < -0.4 is 11.1 Å². The molecule has 0 saturated heterocycles. The third-order valence-electron chi connectivity index (χ3n) is 2.07. The van der Waals surface area contributed by atoms with Crippen molar-refractivity contribution in [1.82, 2.24) is 15.0 Å². The molecule has 2 aromatic heterocycles. The van der Waals surface area contributed by atoms with Gasteiger partial charge in [-0.1, -0.05) is 11.6 Å². The molecule has 6 nitrogen and oxygen atoms in total. The summed E-state index contributed by atoms with van der Waals surface area (Å²) in [6, 6.07) is 4.70. The van der Waals surface area contributed by atoms with E-state index in [0.717, 1.165) is 0 Å². The Labute approximate surface area is 108 Å². The number of nitrogens with two attached hydrogens (primary N) is 1. The number of carbonyl (C=O) groups is 1. The van der Waals surface area contributed by atoms with Gasteiger partial charge in [0, 0.05) is 5.69 Å². The van der Waals surface area contributed by atoms with Crippen molar-refractivity contribution in [2.24, 2.45) is 0 Å². The highest BCUT2D eigenvalue weighted by Crippen LogP contribution is 2.10. The standard InChI is InChI=1S/C11H10ClN5O/c1-6-4-9(12)16-11(15-6)17-10(18)8-3-2-7(13)5-14-8/h2-5H,13H2,1H3,(H,15,16,17,18). The second-order valence-electron chi connectivity index (χ2n) is 3.59. The molecular formula is C11H10ClN5O. The molecule has 0 saturated carbocycles. The lowest BCUT2D eigenvalue weighted by Gasteiger charge is -2.04. The normalized spacial score (nSPS) is 10.1. The summed E-state index contributed by atoms with van der Waals surface area (Å²) in [5, 5.41) is 2.78. The molecule has 18 heavy (non-hydrogen) atoms. The molecule has 92 valence electrons. The fourth-order valence-electron chi connectivity index (χ4n) is 1.29. The van der Waals surface area contributed by atoms with Crippen LogP contribution in [0.3, 0.4) is 0 Å². The molecule has 0 unspecified atom stereocenters. The lowest BCUT2D eigenvalue weighted by atomic mass is 10.3. The SMILES string of the molecule is Cc1cc(Cl)nc(NC(=O)c2ccc(N)cn2)n1. The molecule has 2 rings (SSSR count). The van der Waals surface area contributed by atoms with Crippen molar-refractivity contribution in [3.05, 3.63) is 40.9 Å². The number of nitrogen functional groups attached to an aromatic ring is 1. The topological polar surface area (TPSA) is 93.8 Å². The number of nitrogens with one attached hydrogen (secondary N) is 1. The van der Waals surface area contributed by atoms with Gasteiger partial charge in [-0.25, -0.2) is 15.0 Å². The van der Waals surface area contributed by atoms with E-state index < -0.39 is 5.91 Å². The molecule has 0 aliphatic rings. The smallest absolute Gasteiger partial charge is 0.276 e. The zero-order chi connectivity index (χ0) is 13.1. The number of nitrogens with zero attached hydrogens (tertiary/aromatic N) is 3. The summed E-state index contributed by atoms with van der Waals surface area (Å²) < 4.78 is 0. The summed E-state index contributed by atoms with van der Waals surface area (Å²) in [5.74, 6) is -0.278. The Morgan fingerprint density at radius 3 is 2.78 bits per heavy atom. The van der Waals surface area contributed by atoms with E-state index in [2.05, 4.69) is 20.3 Å². The minimum absolute atomic E-state index is 0.142. The first kappa shape index (κ1) is 12.3. The fraction of sp³-hybridized carbons (Fsp3) is 0.0909. The number of hydrogen-bond acceptors (Lipinski definition) is 5. The third kappa shape index (κ3) is 2.92. The van der Waals surface area contributed by atoms with Gasteiger partial charge < -0.3 is 5.73 Å². The third-order valence-corrected chi connectivity index (χ3v) is 2.26. The highest BCUT2D eigenvalue weighted by molar-refractivity contribution is 6.29. The van der Waals surface area contributed by atoms with Crippen LogP contribution in [0.1, 0.15) is 16.2 Å². The van der Waals surface area contributed by atoms with Gasteiger partial charge in [0.1, 0.15) is 10.8 Å². The summed E-state index contributed by atoms with van der Waals surface area (Å²) in [6.45, 7) is 1.75. The van der Waals surface area contributed by atoms with Crippen LogP contribution in [0.4, 0.5) is 11.6 Å². The van der Waals surface area contributed by atoms with E-state index in [1.54, 1.807) is 19.1 Å². The van der Waals surface area contributed by atoms with Crippen LogP contribution in [0, 0.1) is 6.92 Å². The van der Waals surface area contributed by atoms with Crippen molar-refractivity contribution >= 4 is 29.1 Å². The van der Waals surface area contributed by atoms with Crippen LogP contribution in [-0.2, 0) is 0 Å². The van der Waals surface area contributed by atoms with Crippen molar-refractivity contribution in [2.45, 2.75) is 6.92 Å². The highest BCUT2D eigenvalue weighted by atomic mass is 35.5. The quantitative estimate of drug-likeness (QED) is 0.804. The number of rotatable bonds is 2. The molecule has 0 aromatic carbocycles. The lowest BCUT2D eigenvalue weighted by Crippen LogP contribution is -2.16. The van der Waals surface area contributed by atoms with E-state index in [0.29, 0.717) is 11.4 Å². The van der Waals surface area contributed by atoms with E-state index >= 15 is 0 Å². The first-order chi connectivity index (χ1) is 8.54. The van der Waals surface area contributed by atoms with E-state index in [1.165, 1.54) is 12.3 Å². The molecule has 1 amide bonds. The minimum Gasteiger partial charge on any atom is -0.397 e. The van der Waals surface area contributed by atoms with Crippen LogP contribution in [0.5, 0.6) is 0 Å². The van der Waals surface area contributed by atoms with Crippen molar-refractivity contribution in [3.8, 4) is 0 Å². The molecule has 2 heterocycles. The van der Waals surface area contributed by atoms with E-state index in [9.17, 15) is 4.79 Å². The number of aromatic nitrogens is 3. The molecule has 0 atom stereocenters. The Hall–Kier alpha value is -2.21. The van der Waals surface area contributed by atoms with Crippen LogP contribution in [-0.4, -0.2) is 20.9 Å². The van der Waals surface area contributed by atoms with Gasteiger partial charge in [-0.2, -0.15) is 0 Å². The highest BCUT2D eigenvalue weighted by Gasteiger charge is 2.09. The molecule has 2 aromatic rings.